The molecule has 2 N–H and O–H groups in total. The zero-order valence-corrected chi connectivity index (χ0v) is 19.3. The number of amides is 2. The van der Waals surface area contributed by atoms with Gasteiger partial charge in [-0.25, -0.2) is 12.8 Å². The Morgan fingerprint density at radius 2 is 1.72 bits per heavy atom. The van der Waals surface area contributed by atoms with Gasteiger partial charge in [0.1, 0.15) is 5.82 Å². The topological polar surface area (TPSA) is 95.6 Å². The third-order valence-corrected chi connectivity index (χ3v) is 6.87. The van der Waals surface area contributed by atoms with Crippen LogP contribution in [-0.4, -0.2) is 44.3 Å². The van der Waals surface area contributed by atoms with Crippen LogP contribution < -0.4 is 10.0 Å². The molecule has 1 aliphatic heterocycles. The molecule has 3 rings (SSSR count). The number of carbonyl (C=O) groups is 2. The first-order valence-corrected chi connectivity index (χ1v) is 12.1. The van der Waals surface area contributed by atoms with E-state index in [2.05, 4.69) is 10.0 Å². The Balaban J connectivity index is 1.73. The summed E-state index contributed by atoms with van der Waals surface area (Å²) < 4.78 is 40.9. The second kappa shape index (κ2) is 9.87. The van der Waals surface area contributed by atoms with Gasteiger partial charge < -0.3 is 10.2 Å². The van der Waals surface area contributed by atoms with Crippen molar-refractivity contribution in [1.29, 1.82) is 0 Å². The van der Waals surface area contributed by atoms with Crippen LogP contribution in [0.25, 0.3) is 0 Å². The highest BCUT2D eigenvalue weighted by molar-refractivity contribution is 7.92. The summed E-state index contributed by atoms with van der Waals surface area (Å²) in [5.74, 6) is -1.07. The van der Waals surface area contributed by atoms with Crippen LogP contribution in [-0.2, 0) is 14.8 Å². The normalized spacial score (nSPS) is 15.0. The summed E-state index contributed by atoms with van der Waals surface area (Å²) in [6.07, 6.45) is 1.04. The average molecular weight is 482 g/mol. The lowest BCUT2D eigenvalue weighted by Crippen LogP contribution is -2.44. The maximum atomic E-state index is 13.1. The smallest absolute Gasteiger partial charge is 0.261 e. The number of nitrogens with one attached hydrogen (secondary N) is 2. The third kappa shape index (κ3) is 5.77. The molecule has 0 spiro atoms. The highest BCUT2D eigenvalue weighted by Crippen LogP contribution is 2.26. The summed E-state index contributed by atoms with van der Waals surface area (Å²) in [7, 11) is -4.02. The molecule has 0 saturated carbocycles. The van der Waals surface area contributed by atoms with Crippen LogP contribution in [0.2, 0.25) is 5.02 Å². The number of hydrogen-bond acceptors (Lipinski definition) is 4. The number of benzene rings is 2. The molecule has 7 nitrogen and oxygen atoms in total. The van der Waals surface area contributed by atoms with Crippen LogP contribution in [0.4, 0.5) is 10.1 Å². The number of rotatable bonds is 6. The fraction of sp³-hybridized carbons (Fsp3) is 0.364. The van der Waals surface area contributed by atoms with Crippen LogP contribution in [0.1, 0.15) is 37.0 Å². The van der Waals surface area contributed by atoms with Crippen molar-refractivity contribution >= 4 is 39.1 Å². The van der Waals surface area contributed by atoms with Crippen molar-refractivity contribution in [1.82, 2.24) is 10.2 Å². The van der Waals surface area contributed by atoms with E-state index < -0.39 is 21.7 Å². The van der Waals surface area contributed by atoms with Gasteiger partial charge >= 0.3 is 0 Å². The highest BCUT2D eigenvalue weighted by atomic mass is 35.5. The molecule has 1 fully saturated rings. The molecule has 10 heteroatoms. The number of anilines is 1. The van der Waals surface area contributed by atoms with E-state index in [9.17, 15) is 22.4 Å². The molecule has 1 saturated heterocycles. The fourth-order valence-electron chi connectivity index (χ4n) is 3.48. The van der Waals surface area contributed by atoms with Gasteiger partial charge in [-0.3, -0.25) is 14.3 Å². The number of sulfonamides is 1. The Kier molecular flexibility index (Phi) is 7.40. The van der Waals surface area contributed by atoms with Crippen molar-refractivity contribution in [3.8, 4) is 0 Å². The summed E-state index contributed by atoms with van der Waals surface area (Å²) >= 11 is 6.21. The Labute approximate surface area is 192 Å². The molecular formula is C22H25ClFN3O4S. The Morgan fingerprint density at radius 1 is 1.09 bits per heavy atom. The van der Waals surface area contributed by atoms with Gasteiger partial charge in [-0.05, 0) is 69.2 Å². The Bertz CT molecular complexity index is 1100. The molecule has 2 aromatic carbocycles. The maximum Gasteiger partial charge on any atom is 0.261 e. The summed E-state index contributed by atoms with van der Waals surface area (Å²) in [5, 5.41) is 3.02. The monoisotopic (exact) mass is 481 g/mol. The molecule has 2 aromatic rings. The van der Waals surface area contributed by atoms with Gasteiger partial charge in [0.05, 0.1) is 15.5 Å². The molecule has 2 amide bonds. The maximum absolute atomic E-state index is 13.1. The molecular weight excluding hydrogens is 457 g/mol. The van der Waals surface area contributed by atoms with Crippen LogP contribution >= 0.6 is 11.6 Å². The first-order chi connectivity index (χ1) is 15.1. The molecule has 0 aliphatic carbocycles. The van der Waals surface area contributed by atoms with Crippen molar-refractivity contribution in [2.75, 3.05) is 17.8 Å². The number of likely N-dealkylation sites (tertiary alicyclic amines) is 1. The Morgan fingerprint density at radius 3 is 2.31 bits per heavy atom. The van der Waals surface area contributed by atoms with Gasteiger partial charge in [0.2, 0.25) is 5.91 Å². The van der Waals surface area contributed by atoms with Crippen LogP contribution in [0.3, 0.4) is 0 Å². The molecule has 0 aromatic heterocycles. The molecule has 0 atom stereocenters. The summed E-state index contributed by atoms with van der Waals surface area (Å²) in [4.78, 5) is 26.7. The molecule has 1 aliphatic rings. The van der Waals surface area contributed by atoms with Gasteiger partial charge in [0.25, 0.3) is 15.9 Å². The predicted octanol–water partition coefficient (Wildman–Crippen LogP) is 3.66. The number of piperidine rings is 1. The van der Waals surface area contributed by atoms with Gasteiger partial charge in [-0.1, -0.05) is 11.6 Å². The van der Waals surface area contributed by atoms with E-state index in [1.54, 1.807) is 4.90 Å². The number of carbonyl (C=O) groups excluding carboxylic acids is 2. The number of halogens is 2. The molecule has 1 heterocycles. The van der Waals surface area contributed by atoms with Gasteiger partial charge in [0, 0.05) is 30.7 Å². The standard InChI is InChI=1S/C22H25ClFN3O4S/c1-14(2)25-21(28)15-9-11-27(12-10-15)22(29)19-13-18(7-8-20(19)23)32(30,31)26-17-5-3-16(24)4-6-17/h3-8,13-15,26H,9-12H2,1-2H3,(H,25,28). The van der Waals surface area contributed by atoms with E-state index in [1.165, 1.54) is 30.3 Å². The molecule has 0 unspecified atom stereocenters. The largest absolute Gasteiger partial charge is 0.354 e. The van der Waals surface area contributed by atoms with E-state index in [0.717, 1.165) is 12.1 Å². The minimum absolute atomic E-state index is 0.0231. The first kappa shape index (κ1) is 24.0. The van der Waals surface area contributed by atoms with E-state index in [1.807, 2.05) is 13.8 Å². The molecule has 32 heavy (non-hydrogen) atoms. The summed E-state index contributed by atoms with van der Waals surface area (Å²) in [6.45, 7) is 4.53. The van der Waals surface area contributed by atoms with E-state index in [0.29, 0.717) is 25.9 Å². The van der Waals surface area contributed by atoms with Crippen LogP contribution in [0.5, 0.6) is 0 Å². The number of hydrogen-bond donors (Lipinski definition) is 2. The Hall–Kier alpha value is -2.65. The van der Waals surface area contributed by atoms with Gasteiger partial charge in [0.15, 0.2) is 0 Å². The zero-order valence-electron chi connectivity index (χ0n) is 17.8. The third-order valence-electron chi connectivity index (χ3n) is 5.16. The lowest BCUT2D eigenvalue weighted by Gasteiger charge is -2.32. The van der Waals surface area contributed by atoms with Crippen molar-refractivity contribution < 1.29 is 22.4 Å². The lowest BCUT2D eigenvalue weighted by atomic mass is 9.95. The lowest BCUT2D eigenvalue weighted by molar-refractivity contribution is -0.126. The van der Waals surface area contributed by atoms with Crippen molar-refractivity contribution in [2.24, 2.45) is 5.92 Å². The first-order valence-electron chi connectivity index (χ1n) is 10.2. The molecule has 172 valence electrons. The minimum atomic E-state index is -4.02. The summed E-state index contributed by atoms with van der Waals surface area (Å²) in [6, 6.07) is 8.81. The minimum Gasteiger partial charge on any atom is -0.354 e. The second-order valence-corrected chi connectivity index (χ2v) is 10.1. The molecule has 0 bridgehead atoms. The SMILES string of the molecule is CC(C)NC(=O)C1CCN(C(=O)c2cc(S(=O)(=O)Nc3ccc(F)cc3)ccc2Cl)CC1. The average Bonchev–Trinajstić information content (AvgIpc) is 2.74. The summed E-state index contributed by atoms with van der Waals surface area (Å²) in [5.41, 5.74) is 0.259. The van der Waals surface area contributed by atoms with Crippen LogP contribution in [0, 0.1) is 11.7 Å². The van der Waals surface area contributed by atoms with E-state index in [-0.39, 0.29) is 39.0 Å². The van der Waals surface area contributed by atoms with Crippen molar-refractivity contribution in [3.63, 3.8) is 0 Å². The fourth-order valence-corrected chi connectivity index (χ4v) is 4.77. The quantitative estimate of drug-likeness (QED) is 0.658. The van der Waals surface area contributed by atoms with Gasteiger partial charge in [-0.2, -0.15) is 0 Å². The number of nitrogens with zero attached hydrogens (tertiary/aromatic N) is 1. The highest BCUT2D eigenvalue weighted by Gasteiger charge is 2.29. The predicted molar refractivity (Wildman–Crippen MR) is 121 cm³/mol. The zero-order chi connectivity index (χ0) is 23.5. The second-order valence-electron chi connectivity index (χ2n) is 7.98. The van der Waals surface area contributed by atoms with E-state index in [4.69, 9.17) is 11.6 Å². The van der Waals surface area contributed by atoms with Gasteiger partial charge in [-0.15, -0.1) is 0 Å². The van der Waals surface area contributed by atoms with Crippen LogP contribution in [0.15, 0.2) is 47.4 Å². The van der Waals surface area contributed by atoms with E-state index >= 15 is 0 Å². The van der Waals surface area contributed by atoms with Crippen molar-refractivity contribution in [3.05, 3.63) is 58.9 Å². The van der Waals surface area contributed by atoms with Crippen molar-refractivity contribution in [2.45, 2.75) is 37.6 Å². The molecule has 0 radical (unpaired) electrons.